The summed E-state index contributed by atoms with van der Waals surface area (Å²) in [7, 11) is 1.54. The van der Waals surface area contributed by atoms with Gasteiger partial charge in [0.05, 0.1) is 12.3 Å². The van der Waals surface area contributed by atoms with Gasteiger partial charge in [0.2, 0.25) is 5.91 Å². The van der Waals surface area contributed by atoms with Crippen LogP contribution in [0, 0.1) is 11.6 Å². The first-order valence-corrected chi connectivity index (χ1v) is 5.18. The van der Waals surface area contributed by atoms with Gasteiger partial charge in [-0.15, -0.1) is 0 Å². The van der Waals surface area contributed by atoms with Gasteiger partial charge in [0.15, 0.2) is 0 Å². The van der Waals surface area contributed by atoms with Crippen LogP contribution in [0.4, 0.5) is 14.5 Å². The normalized spacial score (nSPS) is 18.7. The Hall–Kier alpha value is -1.53. The third-order valence-corrected chi connectivity index (χ3v) is 2.76. The number of halogens is 2. The number of benzene rings is 1. The molecular formula is C11H12F2N2O2. The van der Waals surface area contributed by atoms with E-state index in [1.807, 2.05) is 0 Å². The molecule has 0 aliphatic carbocycles. The van der Waals surface area contributed by atoms with E-state index in [1.54, 1.807) is 0 Å². The molecule has 2 N–H and O–H groups in total. The molecule has 0 fully saturated rings. The number of hydrogen-bond donors (Lipinski definition) is 2. The molecule has 6 heteroatoms. The topological polar surface area (TPSA) is 52.6 Å². The van der Waals surface area contributed by atoms with Crippen LogP contribution >= 0.6 is 0 Å². The van der Waals surface area contributed by atoms with Crippen molar-refractivity contribution in [2.45, 2.75) is 6.04 Å². The van der Waals surface area contributed by atoms with E-state index in [2.05, 4.69) is 5.32 Å². The third kappa shape index (κ3) is 1.79. The van der Waals surface area contributed by atoms with Gasteiger partial charge in [-0.3, -0.25) is 4.79 Å². The molecule has 0 saturated heterocycles. The average molecular weight is 242 g/mol. The van der Waals surface area contributed by atoms with Gasteiger partial charge in [-0.25, -0.2) is 8.78 Å². The number of β-amino-alcohol motifs (C(OH)–C–C–N with tert-alkyl or cyclic N) is 1. The number of amides is 1. The number of nitrogens with zero attached hydrogens (tertiary/aromatic N) is 1. The lowest BCUT2D eigenvalue weighted by atomic mass is 10.1. The van der Waals surface area contributed by atoms with Gasteiger partial charge in [0.1, 0.15) is 17.7 Å². The zero-order valence-corrected chi connectivity index (χ0v) is 9.20. The van der Waals surface area contributed by atoms with Crippen molar-refractivity contribution in [2.75, 3.05) is 25.1 Å². The first kappa shape index (κ1) is 11.9. The second-order valence-corrected chi connectivity index (χ2v) is 3.76. The van der Waals surface area contributed by atoms with Crippen LogP contribution in [-0.4, -0.2) is 31.2 Å². The predicted molar refractivity (Wildman–Crippen MR) is 57.6 cm³/mol. The summed E-state index contributed by atoms with van der Waals surface area (Å²) in [5.41, 5.74) is 0.313. The minimum absolute atomic E-state index is 0.00738. The molecule has 1 aliphatic heterocycles. The van der Waals surface area contributed by atoms with Crippen LogP contribution in [0.3, 0.4) is 0 Å². The molecule has 92 valence electrons. The summed E-state index contributed by atoms with van der Waals surface area (Å²) >= 11 is 0. The van der Waals surface area contributed by atoms with Crippen molar-refractivity contribution in [1.29, 1.82) is 0 Å². The van der Waals surface area contributed by atoms with Gasteiger partial charge in [-0.05, 0) is 13.1 Å². The van der Waals surface area contributed by atoms with E-state index in [1.165, 1.54) is 7.05 Å². The van der Waals surface area contributed by atoms with Crippen LogP contribution in [0.15, 0.2) is 12.1 Å². The van der Waals surface area contributed by atoms with Gasteiger partial charge in [0, 0.05) is 18.2 Å². The first-order valence-electron chi connectivity index (χ1n) is 5.18. The fourth-order valence-electron chi connectivity index (χ4n) is 2.09. The summed E-state index contributed by atoms with van der Waals surface area (Å²) in [6.07, 6.45) is 0. The Bertz CT molecular complexity index is 465. The standard InChI is InChI=1S/C11H12F2N2O2/c1-14-9-7-4-6(12)5-8(13)10(7)15(2-3-16)11(9)17/h4-5,9,14,16H,2-3H2,1H3. The monoisotopic (exact) mass is 242 g/mol. The van der Waals surface area contributed by atoms with Gasteiger partial charge >= 0.3 is 0 Å². The molecule has 1 atom stereocenters. The van der Waals surface area contributed by atoms with Gasteiger partial charge in [-0.1, -0.05) is 0 Å². The minimum Gasteiger partial charge on any atom is -0.395 e. The highest BCUT2D eigenvalue weighted by molar-refractivity contribution is 6.04. The average Bonchev–Trinajstić information content (AvgIpc) is 2.52. The van der Waals surface area contributed by atoms with E-state index in [9.17, 15) is 13.6 Å². The number of aliphatic hydroxyl groups is 1. The Morgan fingerprint density at radius 2 is 2.18 bits per heavy atom. The Labute approximate surface area is 96.8 Å². The Morgan fingerprint density at radius 1 is 1.47 bits per heavy atom. The molecule has 1 unspecified atom stereocenters. The molecule has 4 nitrogen and oxygen atoms in total. The Morgan fingerprint density at radius 3 is 2.76 bits per heavy atom. The maximum atomic E-state index is 13.7. The van der Waals surface area contributed by atoms with Crippen molar-refractivity contribution in [3.05, 3.63) is 29.3 Å². The summed E-state index contributed by atoms with van der Waals surface area (Å²) in [4.78, 5) is 13.0. The number of anilines is 1. The molecule has 0 spiro atoms. The van der Waals surface area contributed by atoms with Crippen molar-refractivity contribution in [3.63, 3.8) is 0 Å². The second kappa shape index (κ2) is 4.38. The molecule has 0 saturated carbocycles. The van der Waals surface area contributed by atoms with Crippen LogP contribution in [0.5, 0.6) is 0 Å². The molecule has 1 amide bonds. The summed E-state index contributed by atoms with van der Waals surface area (Å²) in [5.74, 6) is -1.90. The summed E-state index contributed by atoms with van der Waals surface area (Å²) in [6.45, 7) is -0.287. The third-order valence-electron chi connectivity index (χ3n) is 2.76. The lowest BCUT2D eigenvalue weighted by molar-refractivity contribution is -0.120. The van der Waals surface area contributed by atoms with Crippen LogP contribution < -0.4 is 10.2 Å². The molecule has 2 rings (SSSR count). The highest BCUT2D eigenvalue weighted by Gasteiger charge is 2.38. The van der Waals surface area contributed by atoms with Crippen molar-refractivity contribution in [3.8, 4) is 0 Å². The van der Waals surface area contributed by atoms with Crippen molar-refractivity contribution in [1.82, 2.24) is 5.32 Å². The van der Waals surface area contributed by atoms with Crippen LogP contribution in [-0.2, 0) is 4.79 Å². The number of aliphatic hydroxyl groups excluding tert-OH is 1. The Balaban J connectivity index is 2.56. The quantitative estimate of drug-likeness (QED) is 0.814. The largest absolute Gasteiger partial charge is 0.395 e. The lowest BCUT2D eigenvalue weighted by Gasteiger charge is -2.16. The van der Waals surface area contributed by atoms with Gasteiger partial charge in [-0.2, -0.15) is 0 Å². The molecule has 1 aromatic rings. The summed E-state index contributed by atoms with van der Waals surface area (Å²) < 4.78 is 26.8. The molecule has 0 bridgehead atoms. The molecule has 17 heavy (non-hydrogen) atoms. The van der Waals surface area contributed by atoms with E-state index in [-0.39, 0.29) is 30.3 Å². The highest BCUT2D eigenvalue weighted by atomic mass is 19.1. The zero-order valence-electron chi connectivity index (χ0n) is 9.20. The first-order chi connectivity index (χ1) is 8.10. The molecule has 0 aromatic heterocycles. The molecule has 1 aliphatic rings. The maximum Gasteiger partial charge on any atom is 0.248 e. The van der Waals surface area contributed by atoms with Crippen LogP contribution in [0.1, 0.15) is 11.6 Å². The van der Waals surface area contributed by atoms with E-state index in [0.717, 1.165) is 17.0 Å². The molecular weight excluding hydrogens is 230 g/mol. The highest BCUT2D eigenvalue weighted by Crippen LogP contribution is 2.38. The van der Waals surface area contributed by atoms with Gasteiger partial charge < -0.3 is 15.3 Å². The summed E-state index contributed by atoms with van der Waals surface area (Å²) in [6, 6.07) is 1.10. The molecule has 1 heterocycles. The number of likely N-dealkylation sites (N-methyl/N-ethyl adjacent to an activating group) is 1. The number of fused-ring (bicyclic) bond motifs is 1. The number of carbonyl (C=O) groups is 1. The number of rotatable bonds is 3. The van der Waals surface area contributed by atoms with E-state index < -0.39 is 17.7 Å². The minimum atomic E-state index is -0.792. The Kier molecular flexibility index (Phi) is 3.08. The van der Waals surface area contributed by atoms with Crippen molar-refractivity contribution < 1.29 is 18.7 Å². The van der Waals surface area contributed by atoms with Crippen molar-refractivity contribution >= 4 is 11.6 Å². The van der Waals surface area contributed by atoms with E-state index in [4.69, 9.17) is 5.11 Å². The summed E-state index contributed by atoms with van der Waals surface area (Å²) in [5, 5.41) is 11.6. The fraction of sp³-hybridized carbons (Fsp3) is 0.364. The van der Waals surface area contributed by atoms with E-state index >= 15 is 0 Å². The number of carbonyl (C=O) groups excluding carboxylic acids is 1. The van der Waals surface area contributed by atoms with E-state index in [0.29, 0.717) is 0 Å². The molecule has 1 aromatic carbocycles. The predicted octanol–water partition coefficient (Wildman–Crippen LogP) is 0.564. The van der Waals surface area contributed by atoms with Gasteiger partial charge in [0.25, 0.3) is 0 Å². The number of nitrogens with one attached hydrogen (secondary N) is 1. The van der Waals surface area contributed by atoms with Crippen LogP contribution in [0.25, 0.3) is 0 Å². The smallest absolute Gasteiger partial charge is 0.248 e. The zero-order chi connectivity index (χ0) is 12.6. The number of hydrogen-bond acceptors (Lipinski definition) is 3. The second-order valence-electron chi connectivity index (χ2n) is 3.76. The molecule has 0 radical (unpaired) electrons. The fourth-order valence-corrected chi connectivity index (χ4v) is 2.09. The van der Waals surface area contributed by atoms with Crippen molar-refractivity contribution in [2.24, 2.45) is 0 Å². The van der Waals surface area contributed by atoms with Crippen LogP contribution in [0.2, 0.25) is 0 Å². The SMILES string of the molecule is CNC1C(=O)N(CCO)c2c(F)cc(F)cc21. The maximum absolute atomic E-state index is 13.7. The lowest BCUT2D eigenvalue weighted by Crippen LogP contribution is -2.35.